The zero-order chi connectivity index (χ0) is 22.5. The highest BCUT2D eigenvalue weighted by molar-refractivity contribution is 5.81. The molecule has 4 heteroatoms. The van der Waals surface area contributed by atoms with Gasteiger partial charge in [-0.3, -0.25) is 9.80 Å². The van der Waals surface area contributed by atoms with Crippen LogP contribution in [-0.4, -0.2) is 40.5 Å². The van der Waals surface area contributed by atoms with E-state index in [1.54, 1.807) is 0 Å². The molecule has 168 valence electrons. The quantitative estimate of drug-likeness (QED) is 0.426. The Labute approximate surface area is 193 Å². The van der Waals surface area contributed by atoms with E-state index in [1.807, 2.05) is 6.07 Å². The van der Waals surface area contributed by atoms with Crippen molar-refractivity contribution in [1.29, 1.82) is 5.26 Å². The number of fused-ring (bicyclic) bond motifs is 1. The summed E-state index contributed by atoms with van der Waals surface area (Å²) >= 11 is 0. The SMILES string of the molecule is CCCCCC(c1ccc(C#N)c(C)c1)N1CCN(Cc2cc3ccccc3n2C)CC1. The first kappa shape index (κ1) is 22.6. The van der Waals surface area contributed by atoms with Gasteiger partial charge in [-0.2, -0.15) is 5.26 Å². The van der Waals surface area contributed by atoms with E-state index < -0.39 is 0 Å². The van der Waals surface area contributed by atoms with Crippen molar-refractivity contribution in [2.75, 3.05) is 26.2 Å². The smallest absolute Gasteiger partial charge is 0.0994 e. The normalized spacial score (nSPS) is 16.3. The zero-order valence-electron chi connectivity index (χ0n) is 19.8. The second-order valence-electron chi connectivity index (χ2n) is 9.26. The summed E-state index contributed by atoms with van der Waals surface area (Å²) < 4.78 is 2.34. The molecule has 1 aliphatic rings. The molecule has 0 amide bonds. The maximum absolute atomic E-state index is 9.32. The van der Waals surface area contributed by atoms with Crippen molar-refractivity contribution in [2.45, 2.75) is 52.1 Å². The van der Waals surface area contributed by atoms with Gasteiger partial charge >= 0.3 is 0 Å². The molecule has 2 aromatic carbocycles. The predicted molar refractivity (Wildman–Crippen MR) is 133 cm³/mol. The molecule has 1 aromatic heterocycles. The number of nitriles is 1. The average molecular weight is 429 g/mol. The fraction of sp³-hybridized carbons (Fsp3) is 0.464. The lowest BCUT2D eigenvalue weighted by Gasteiger charge is -2.40. The molecular weight excluding hydrogens is 392 g/mol. The van der Waals surface area contributed by atoms with Gasteiger partial charge in [0.15, 0.2) is 0 Å². The van der Waals surface area contributed by atoms with Crippen LogP contribution in [-0.2, 0) is 13.6 Å². The largest absolute Gasteiger partial charge is 0.346 e. The third-order valence-electron chi connectivity index (χ3n) is 7.12. The van der Waals surface area contributed by atoms with Crippen LogP contribution in [0.4, 0.5) is 0 Å². The van der Waals surface area contributed by atoms with Gasteiger partial charge in [-0.15, -0.1) is 0 Å². The van der Waals surface area contributed by atoms with Gasteiger partial charge in [-0.05, 0) is 48.1 Å². The average Bonchev–Trinajstić information content (AvgIpc) is 3.13. The first-order valence-electron chi connectivity index (χ1n) is 12.1. The second-order valence-corrected chi connectivity index (χ2v) is 9.26. The highest BCUT2D eigenvalue weighted by atomic mass is 15.3. The van der Waals surface area contributed by atoms with Crippen molar-refractivity contribution in [3.05, 3.63) is 70.9 Å². The van der Waals surface area contributed by atoms with Gasteiger partial charge in [-0.1, -0.05) is 56.5 Å². The maximum Gasteiger partial charge on any atom is 0.0994 e. The lowest BCUT2D eigenvalue weighted by atomic mass is 9.95. The Morgan fingerprint density at radius 1 is 1.00 bits per heavy atom. The Kier molecular flexibility index (Phi) is 7.29. The van der Waals surface area contributed by atoms with Crippen LogP contribution in [0.1, 0.15) is 61.0 Å². The Hall–Kier alpha value is -2.61. The molecule has 2 heterocycles. The van der Waals surface area contributed by atoms with Crippen LogP contribution in [0.15, 0.2) is 48.5 Å². The van der Waals surface area contributed by atoms with Gasteiger partial charge in [0.25, 0.3) is 0 Å². The van der Waals surface area contributed by atoms with Gasteiger partial charge in [0.1, 0.15) is 0 Å². The van der Waals surface area contributed by atoms with Gasteiger partial charge in [-0.25, -0.2) is 0 Å². The molecule has 0 aliphatic carbocycles. The number of aromatic nitrogens is 1. The zero-order valence-corrected chi connectivity index (χ0v) is 19.8. The first-order valence-corrected chi connectivity index (χ1v) is 12.1. The molecule has 4 rings (SSSR count). The Balaban J connectivity index is 1.44. The van der Waals surface area contributed by atoms with E-state index in [-0.39, 0.29) is 0 Å². The number of benzene rings is 2. The van der Waals surface area contributed by atoms with Crippen LogP contribution >= 0.6 is 0 Å². The minimum absolute atomic E-state index is 0.452. The summed E-state index contributed by atoms with van der Waals surface area (Å²) in [6, 6.07) is 20.2. The van der Waals surface area contributed by atoms with Crippen molar-refractivity contribution in [2.24, 2.45) is 7.05 Å². The maximum atomic E-state index is 9.32. The molecule has 0 radical (unpaired) electrons. The first-order chi connectivity index (χ1) is 15.6. The number of piperazine rings is 1. The Bertz CT molecular complexity index is 1080. The third-order valence-corrected chi connectivity index (χ3v) is 7.12. The predicted octanol–water partition coefficient (Wildman–Crippen LogP) is 5.80. The van der Waals surface area contributed by atoms with E-state index in [0.29, 0.717) is 6.04 Å². The summed E-state index contributed by atoms with van der Waals surface area (Å²) in [6.07, 6.45) is 4.99. The van der Waals surface area contributed by atoms with E-state index in [4.69, 9.17) is 0 Å². The summed E-state index contributed by atoms with van der Waals surface area (Å²) in [7, 11) is 2.19. The van der Waals surface area contributed by atoms with E-state index in [2.05, 4.69) is 83.8 Å². The number of nitrogens with zero attached hydrogens (tertiary/aromatic N) is 4. The fourth-order valence-electron chi connectivity index (χ4n) is 5.13. The van der Waals surface area contributed by atoms with Crippen molar-refractivity contribution in [3.8, 4) is 6.07 Å². The molecule has 3 aromatic rings. The second kappa shape index (κ2) is 10.3. The van der Waals surface area contributed by atoms with Crippen molar-refractivity contribution in [1.82, 2.24) is 14.4 Å². The van der Waals surface area contributed by atoms with Crippen LogP contribution in [0.5, 0.6) is 0 Å². The number of para-hydroxylation sites is 1. The van der Waals surface area contributed by atoms with Gasteiger partial charge in [0, 0.05) is 57.0 Å². The minimum Gasteiger partial charge on any atom is -0.346 e. The van der Waals surface area contributed by atoms with Crippen molar-refractivity contribution in [3.63, 3.8) is 0 Å². The molecule has 0 saturated carbocycles. The van der Waals surface area contributed by atoms with Crippen LogP contribution in [0.3, 0.4) is 0 Å². The molecule has 1 saturated heterocycles. The fourth-order valence-corrected chi connectivity index (χ4v) is 5.13. The third kappa shape index (κ3) is 4.90. The van der Waals surface area contributed by atoms with Gasteiger partial charge < -0.3 is 4.57 Å². The number of unbranched alkanes of at least 4 members (excludes halogenated alkanes) is 2. The monoisotopic (exact) mass is 428 g/mol. The number of rotatable bonds is 8. The highest BCUT2D eigenvalue weighted by Crippen LogP contribution is 2.30. The molecule has 0 spiro atoms. The Morgan fingerprint density at radius 3 is 2.47 bits per heavy atom. The molecule has 1 atom stereocenters. The number of hydrogen-bond donors (Lipinski definition) is 0. The summed E-state index contributed by atoms with van der Waals surface area (Å²) in [5.74, 6) is 0. The molecule has 4 nitrogen and oxygen atoms in total. The lowest BCUT2D eigenvalue weighted by molar-refractivity contribution is 0.0854. The number of hydrogen-bond acceptors (Lipinski definition) is 3. The molecule has 1 aliphatic heterocycles. The molecule has 0 bridgehead atoms. The Morgan fingerprint density at radius 2 is 1.78 bits per heavy atom. The molecule has 0 N–H and O–H groups in total. The summed E-state index contributed by atoms with van der Waals surface area (Å²) in [4.78, 5) is 5.27. The van der Waals surface area contributed by atoms with Crippen LogP contribution in [0.25, 0.3) is 10.9 Å². The van der Waals surface area contributed by atoms with Gasteiger partial charge in [0.2, 0.25) is 0 Å². The topological polar surface area (TPSA) is 35.2 Å². The van der Waals surface area contributed by atoms with Crippen molar-refractivity contribution >= 4 is 10.9 Å². The highest BCUT2D eigenvalue weighted by Gasteiger charge is 2.25. The summed E-state index contributed by atoms with van der Waals surface area (Å²) in [5, 5.41) is 10.6. The van der Waals surface area contributed by atoms with Crippen molar-refractivity contribution < 1.29 is 0 Å². The van der Waals surface area contributed by atoms with E-state index in [1.165, 1.54) is 47.8 Å². The number of aryl methyl sites for hydroxylation is 2. The van der Waals surface area contributed by atoms with E-state index in [9.17, 15) is 5.26 Å². The molecule has 1 fully saturated rings. The van der Waals surface area contributed by atoms with Crippen LogP contribution in [0.2, 0.25) is 0 Å². The van der Waals surface area contributed by atoms with E-state index >= 15 is 0 Å². The minimum atomic E-state index is 0.452. The molecular formula is C28H36N4. The van der Waals surface area contributed by atoms with E-state index in [0.717, 1.165) is 43.9 Å². The van der Waals surface area contributed by atoms with Gasteiger partial charge in [0.05, 0.1) is 11.6 Å². The molecule has 32 heavy (non-hydrogen) atoms. The lowest BCUT2D eigenvalue weighted by Crippen LogP contribution is -2.47. The van der Waals surface area contributed by atoms with Crippen LogP contribution < -0.4 is 0 Å². The molecule has 1 unspecified atom stereocenters. The standard InChI is InChI=1S/C28H36N4/c1-4-5-6-11-28(24-12-13-25(20-29)22(2)18-24)32-16-14-31(15-17-32)21-26-19-23-9-7-8-10-27(23)30(26)3/h7-10,12-13,18-19,28H,4-6,11,14-17,21H2,1-3H3. The summed E-state index contributed by atoms with van der Waals surface area (Å²) in [5.41, 5.74) is 5.97. The van der Waals surface area contributed by atoms with Crippen LogP contribution in [0, 0.1) is 18.3 Å². The summed E-state index contributed by atoms with van der Waals surface area (Å²) in [6.45, 7) is 9.73.